The molecule has 0 radical (unpaired) electrons. The van der Waals surface area contributed by atoms with Crippen LogP contribution in [0, 0.1) is 0 Å². The highest BCUT2D eigenvalue weighted by Crippen LogP contribution is 2.44. The fraction of sp³-hybridized carbons (Fsp3) is 0. The molecule has 12 rings (SSSR count). The Morgan fingerprint density at radius 1 is 0.298 bits per heavy atom. The van der Waals surface area contributed by atoms with Gasteiger partial charge in [0.25, 0.3) is 0 Å². The van der Waals surface area contributed by atoms with Gasteiger partial charge < -0.3 is 0 Å². The Balaban J connectivity index is 1.03. The van der Waals surface area contributed by atoms with E-state index < -0.39 is 0 Å². The maximum absolute atomic E-state index is 5.31. The first kappa shape index (κ1) is 32.5. The van der Waals surface area contributed by atoms with E-state index in [1.54, 1.807) is 22.7 Å². The summed E-state index contributed by atoms with van der Waals surface area (Å²) in [7, 11) is 0. The molecule has 7 aromatic carbocycles. The molecule has 0 N–H and O–H groups in total. The summed E-state index contributed by atoms with van der Waals surface area (Å²) in [5.41, 5.74) is 6.90. The minimum absolute atomic E-state index is 0.636. The van der Waals surface area contributed by atoms with Crippen molar-refractivity contribution in [2.75, 3.05) is 0 Å². The van der Waals surface area contributed by atoms with Crippen LogP contribution in [0.3, 0.4) is 0 Å². The SMILES string of the molecule is c1ccc(-c2nc(-c3ccc4sc5ccccc5c4c3)nc(-c3ccc4sc5c(-c6nc(-c7ccccc7)c7sc8ccccc8c7n6)cccc5c4c3)n2)cc1. The van der Waals surface area contributed by atoms with Gasteiger partial charge in [0.1, 0.15) is 0 Å². The van der Waals surface area contributed by atoms with Gasteiger partial charge >= 0.3 is 0 Å². The van der Waals surface area contributed by atoms with E-state index in [0.29, 0.717) is 17.5 Å². The van der Waals surface area contributed by atoms with E-state index in [0.717, 1.165) is 70.4 Å². The van der Waals surface area contributed by atoms with Crippen molar-refractivity contribution in [3.63, 3.8) is 0 Å². The molecular weight excluding hydrogens is 755 g/mol. The molecular formula is C49H27N5S3. The average Bonchev–Trinajstić information content (AvgIpc) is 3.97. The van der Waals surface area contributed by atoms with Crippen LogP contribution in [-0.2, 0) is 0 Å². The summed E-state index contributed by atoms with van der Waals surface area (Å²) in [6.45, 7) is 0. The summed E-state index contributed by atoms with van der Waals surface area (Å²) < 4.78 is 7.17. The van der Waals surface area contributed by atoms with E-state index in [1.165, 1.54) is 29.6 Å². The Morgan fingerprint density at radius 2 is 0.825 bits per heavy atom. The summed E-state index contributed by atoms with van der Waals surface area (Å²) in [5, 5.41) is 5.92. The number of hydrogen-bond donors (Lipinski definition) is 0. The fourth-order valence-electron chi connectivity index (χ4n) is 7.83. The first-order valence-corrected chi connectivity index (χ1v) is 21.1. The van der Waals surface area contributed by atoms with Gasteiger partial charge in [-0.1, -0.05) is 109 Å². The molecule has 0 fully saturated rings. The number of rotatable bonds is 5. The second-order valence-electron chi connectivity index (χ2n) is 14.0. The van der Waals surface area contributed by atoms with Crippen molar-refractivity contribution in [2.45, 2.75) is 0 Å². The highest BCUT2D eigenvalue weighted by atomic mass is 32.1. The van der Waals surface area contributed by atoms with Crippen molar-refractivity contribution in [3.05, 3.63) is 164 Å². The molecule has 12 aromatic rings. The molecule has 57 heavy (non-hydrogen) atoms. The largest absolute Gasteiger partial charge is 0.226 e. The lowest BCUT2D eigenvalue weighted by molar-refractivity contribution is 1.08. The van der Waals surface area contributed by atoms with E-state index in [4.69, 9.17) is 24.9 Å². The first-order chi connectivity index (χ1) is 28.2. The highest BCUT2D eigenvalue weighted by molar-refractivity contribution is 7.27. The maximum Gasteiger partial charge on any atom is 0.164 e. The molecule has 5 aromatic heterocycles. The molecule has 0 aliphatic heterocycles. The van der Waals surface area contributed by atoms with E-state index in [2.05, 4.69) is 140 Å². The minimum atomic E-state index is 0.636. The summed E-state index contributed by atoms with van der Waals surface area (Å²) in [6.07, 6.45) is 0. The Morgan fingerprint density at radius 3 is 1.54 bits per heavy atom. The molecule has 0 spiro atoms. The zero-order valence-electron chi connectivity index (χ0n) is 30.0. The van der Waals surface area contributed by atoms with Crippen LogP contribution in [0.1, 0.15) is 0 Å². The zero-order chi connectivity index (χ0) is 37.5. The predicted octanol–water partition coefficient (Wildman–Crippen LogP) is 14.1. The molecule has 5 heterocycles. The third kappa shape index (κ3) is 5.37. The Labute approximate surface area is 338 Å². The molecule has 0 saturated carbocycles. The van der Waals surface area contributed by atoms with E-state index in [1.807, 2.05) is 35.6 Å². The van der Waals surface area contributed by atoms with Crippen LogP contribution >= 0.6 is 34.0 Å². The van der Waals surface area contributed by atoms with Gasteiger partial charge in [0.2, 0.25) is 0 Å². The first-order valence-electron chi connectivity index (χ1n) is 18.7. The third-order valence-corrected chi connectivity index (χ3v) is 14.1. The van der Waals surface area contributed by atoms with E-state index in [9.17, 15) is 0 Å². The lowest BCUT2D eigenvalue weighted by Crippen LogP contribution is -2.00. The van der Waals surface area contributed by atoms with Gasteiger partial charge in [-0.3, -0.25) is 0 Å². The number of hydrogen-bond acceptors (Lipinski definition) is 8. The minimum Gasteiger partial charge on any atom is -0.226 e. The number of fused-ring (bicyclic) bond motifs is 9. The van der Waals surface area contributed by atoms with Gasteiger partial charge in [-0.25, -0.2) is 24.9 Å². The van der Waals surface area contributed by atoms with Crippen LogP contribution in [0.25, 0.3) is 117 Å². The second-order valence-corrected chi connectivity index (χ2v) is 17.2. The smallest absolute Gasteiger partial charge is 0.164 e. The van der Waals surface area contributed by atoms with Crippen molar-refractivity contribution in [2.24, 2.45) is 0 Å². The lowest BCUT2D eigenvalue weighted by atomic mass is 10.1. The summed E-state index contributed by atoms with van der Waals surface area (Å²) >= 11 is 5.34. The van der Waals surface area contributed by atoms with Crippen LogP contribution in [0.5, 0.6) is 0 Å². The van der Waals surface area contributed by atoms with Gasteiger partial charge in [-0.15, -0.1) is 34.0 Å². The average molecular weight is 782 g/mol. The maximum atomic E-state index is 5.31. The second kappa shape index (κ2) is 12.9. The van der Waals surface area contributed by atoms with Crippen molar-refractivity contribution < 1.29 is 0 Å². The molecule has 0 aliphatic carbocycles. The van der Waals surface area contributed by atoms with Gasteiger partial charge in [0.05, 0.1) is 15.9 Å². The van der Waals surface area contributed by atoms with Crippen molar-refractivity contribution in [1.29, 1.82) is 0 Å². The number of nitrogens with zero attached hydrogens (tertiary/aromatic N) is 5. The molecule has 0 atom stereocenters. The fourth-order valence-corrected chi connectivity index (χ4v) is 11.3. The normalized spacial score (nSPS) is 11.9. The molecule has 5 nitrogen and oxygen atoms in total. The lowest BCUT2D eigenvalue weighted by Gasteiger charge is -2.09. The number of thiophene rings is 3. The number of aromatic nitrogens is 5. The summed E-state index contributed by atoms with van der Waals surface area (Å²) in [5.74, 6) is 2.66. The molecule has 266 valence electrons. The zero-order valence-corrected chi connectivity index (χ0v) is 32.5. The van der Waals surface area contributed by atoms with Crippen LogP contribution in [-0.4, -0.2) is 24.9 Å². The standard InChI is InChI=1S/C49H27N5S3/c1-3-12-28(13-4-1)42-45-43(34-17-8-10-21-39(34)57-45)51-49(50-42)35-19-11-18-33-37-27-31(23-25-41(37)56-44(33)35)48-53-46(29-14-5-2-6-15-29)52-47(54-48)30-22-24-40-36(26-30)32-16-7-9-20-38(32)55-40/h1-27H. The molecule has 0 bridgehead atoms. The van der Waals surface area contributed by atoms with Crippen molar-refractivity contribution in [3.8, 4) is 56.8 Å². The Kier molecular flexibility index (Phi) is 7.38. The molecule has 8 heteroatoms. The molecule has 0 aliphatic rings. The molecule has 0 unspecified atom stereocenters. The van der Waals surface area contributed by atoms with Crippen molar-refractivity contribution >= 4 is 94.7 Å². The van der Waals surface area contributed by atoms with Gasteiger partial charge in [0.15, 0.2) is 23.3 Å². The van der Waals surface area contributed by atoms with Crippen molar-refractivity contribution in [1.82, 2.24) is 24.9 Å². The Bertz CT molecular complexity index is 3530. The van der Waals surface area contributed by atoms with Gasteiger partial charge in [0, 0.05) is 78.2 Å². The molecule has 0 saturated heterocycles. The van der Waals surface area contributed by atoms with Gasteiger partial charge in [-0.2, -0.15) is 0 Å². The van der Waals surface area contributed by atoms with E-state index >= 15 is 0 Å². The summed E-state index contributed by atoms with van der Waals surface area (Å²) in [6, 6.07) is 57.3. The van der Waals surface area contributed by atoms with E-state index in [-0.39, 0.29) is 0 Å². The Hall–Kier alpha value is -6.71. The van der Waals surface area contributed by atoms with Crippen LogP contribution < -0.4 is 0 Å². The third-order valence-electron chi connectivity index (χ3n) is 10.6. The topological polar surface area (TPSA) is 64.5 Å². The molecule has 0 amide bonds. The van der Waals surface area contributed by atoms with Gasteiger partial charge in [-0.05, 0) is 54.6 Å². The highest BCUT2D eigenvalue weighted by Gasteiger charge is 2.20. The summed E-state index contributed by atoms with van der Waals surface area (Å²) in [4.78, 5) is 25.9. The van der Waals surface area contributed by atoms with Crippen LogP contribution in [0.2, 0.25) is 0 Å². The van der Waals surface area contributed by atoms with Crippen LogP contribution in [0.15, 0.2) is 164 Å². The number of benzene rings is 7. The monoisotopic (exact) mass is 781 g/mol. The predicted molar refractivity (Wildman–Crippen MR) is 241 cm³/mol. The quantitative estimate of drug-likeness (QED) is 0.174. The van der Waals surface area contributed by atoms with Crippen LogP contribution in [0.4, 0.5) is 0 Å².